The van der Waals surface area contributed by atoms with Crippen LogP contribution < -0.4 is 0 Å². The summed E-state index contributed by atoms with van der Waals surface area (Å²) >= 11 is 0. The number of benzene rings is 1. The number of carbonyl (C=O) groups is 1. The zero-order chi connectivity index (χ0) is 15.0. The minimum absolute atomic E-state index is 0.0658. The van der Waals surface area contributed by atoms with Crippen molar-refractivity contribution in [1.82, 2.24) is 9.80 Å². The van der Waals surface area contributed by atoms with Gasteiger partial charge in [0, 0.05) is 37.2 Å². The molecule has 0 fully saturated rings. The number of nitrogens with zero attached hydrogens (tertiary/aromatic N) is 2. The lowest BCUT2D eigenvalue weighted by Crippen LogP contribution is -2.28. The van der Waals surface area contributed by atoms with Gasteiger partial charge in [0.25, 0.3) is 5.91 Å². The summed E-state index contributed by atoms with van der Waals surface area (Å²) in [5.41, 5.74) is 0.527. The molecule has 0 saturated carbocycles. The number of halogens is 1. The second kappa shape index (κ2) is 9.26. The van der Waals surface area contributed by atoms with E-state index >= 15 is 0 Å². The predicted molar refractivity (Wildman–Crippen MR) is 86.8 cm³/mol. The molecular weight excluding hydrogens is 295 g/mol. The number of hydrogen-bond donors (Lipinski definition) is 0. The van der Waals surface area contributed by atoms with Crippen LogP contribution in [0.2, 0.25) is 0 Å². The van der Waals surface area contributed by atoms with Crippen molar-refractivity contribution in [1.29, 1.82) is 0 Å². The summed E-state index contributed by atoms with van der Waals surface area (Å²) in [6.07, 6.45) is 0. The number of rotatable bonds is 8. The fourth-order valence-electron chi connectivity index (χ4n) is 1.43. The molecule has 0 heterocycles. The van der Waals surface area contributed by atoms with Gasteiger partial charge in [-0.15, -0.1) is 0 Å². The van der Waals surface area contributed by atoms with Gasteiger partial charge < -0.3 is 9.80 Å². The molecule has 0 atom stereocenters. The van der Waals surface area contributed by atoms with Gasteiger partial charge in [-0.05, 0) is 38.4 Å². The van der Waals surface area contributed by atoms with Crippen molar-refractivity contribution in [2.24, 2.45) is 0 Å². The third-order valence-electron chi connectivity index (χ3n) is 2.65. The maximum Gasteiger partial charge on any atom is 0.253 e. The Morgan fingerprint density at radius 2 is 1.60 bits per heavy atom. The number of hydrogen-bond acceptors (Lipinski definition) is 4. The van der Waals surface area contributed by atoms with Gasteiger partial charge in [-0.3, -0.25) is 4.79 Å². The molecule has 0 radical (unpaired) electrons. The number of carbonyl (C=O) groups excluding carboxylic acids is 1. The second-order valence-corrected chi connectivity index (χ2v) is 7.38. The molecule has 0 bridgehead atoms. The fraction of sp³-hybridized carbons (Fsp3) is 0.500. The summed E-state index contributed by atoms with van der Waals surface area (Å²) in [5.74, 6) is 1.58. The maximum atomic E-state index is 12.8. The Hall–Kier alpha value is -0.720. The van der Waals surface area contributed by atoms with E-state index in [0.29, 0.717) is 12.1 Å². The molecule has 1 aromatic carbocycles. The SMILES string of the molecule is CN(C)CCSSCCN(C)C(=O)c1ccc(F)cc1. The Balaban J connectivity index is 2.23. The minimum Gasteiger partial charge on any atom is -0.341 e. The topological polar surface area (TPSA) is 23.6 Å². The van der Waals surface area contributed by atoms with E-state index in [0.717, 1.165) is 18.1 Å². The van der Waals surface area contributed by atoms with E-state index in [9.17, 15) is 9.18 Å². The van der Waals surface area contributed by atoms with Crippen LogP contribution in [0.5, 0.6) is 0 Å². The van der Waals surface area contributed by atoms with Crippen molar-refractivity contribution in [3.8, 4) is 0 Å². The molecule has 1 amide bonds. The predicted octanol–water partition coefficient (Wildman–Crippen LogP) is 2.84. The van der Waals surface area contributed by atoms with Gasteiger partial charge in [0.15, 0.2) is 0 Å². The van der Waals surface area contributed by atoms with Crippen LogP contribution in [-0.4, -0.2) is 61.4 Å². The Morgan fingerprint density at radius 3 is 2.15 bits per heavy atom. The standard InChI is InChI=1S/C14H21FN2OS2/c1-16(2)8-10-19-20-11-9-17(3)14(18)12-4-6-13(15)7-5-12/h4-7H,8-11H2,1-3H3. The van der Waals surface area contributed by atoms with Crippen LogP contribution in [0.4, 0.5) is 4.39 Å². The third kappa shape index (κ3) is 6.63. The maximum absolute atomic E-state index is 12.8. The summed E-state index contributed by atoms with van der Waals surface area (Å²) < 4.78 is 12.8. The van der Waals surface area contributed by atoms with E-state index in [1.165, 1.54) is 24.3 Å². The van der Waals surface area contributed by atoms with Crippen molar-refractivity contribution in [3.05, 3.63) is 35.6 Å². The minimum atomic E-state index is -0.322. The van der Waals surface area contributed by atoms with Crippen LogP contribution in [-0.2, 0) is 0 Å². The molecule has 3 nitrogen and oxygen atoms in total. The Labute approximate surface area is 128 Å². The highest BCUT2D eigenvalue weighted by Crippen LogP contribution is 2.20. The molecule has 0 spiro atoms. The zero-order valence-electron chi connectivity index (χ0n) is 12.1. The highest BCUT2D eigenvalue weighted by Gasteiger charge is 2.11. The van der Waals surface area contributed by atoms with Crippen molar-refractivity contribution >= 4 is 27.5 Å². The van der Waals surface area contributed by atoms with E-state index in [4.69, 9.17) is 0 Å². The fourth-order valence-corrected chi connectivity index (χ4v) is 3.60. The van der Waals surface area contributed by atoms with Gasteiger partial charge >= 0.3 is 0 Å². The summed E-state index contributed by atoms with van der Waals surface area (Å²) in [7, 11) is 9.48. The van der Waals surface area contributed by atoms with Crippen LogP contribution in [0.25, 0.3) is 0 Å². The molecule has 0 aromatic heterocycles. The molecule has 20 heavy (non-hydrogen) atoms. The van der Waals surface area contributed by atoms with Crippen molar-refractivity contribution < 1.29 is 9.18 Å². The molecule has 112 valence electrons. The van der Waals surface area contributed by atoms with Gasteiger partial charge in [0.05, 0.1) is 0 Å². The van der Waals surface area contributed by atoms with Gasteiger partial charge in [-0.1, -0.05) is 21.6 Å². The average molecular weight is 316 g/mol. The first-order valence-electron chi connectivity index (χ1n) is 6.41. The first-order valence-corrected chi connectivity index (χ1v) is 8.89. The lowest BCUT2D eigenvalue weighted by atomic mass is 10.2. The van der Waals surface area contributed by atoms with E-state index < -0.39 is 0 Å². The van der Waals surface area contributed by atoms with Gasteiger partial charge in [-0.25, -0.2) is 4.39 Å². The quantitative estimate of drug-likeness (QED) is 0.543. The molecule has 1 aromatic rings. The molecule has 0 N–H and O–H groups in total. The van der Waals surface area contributed by atoms with Crippen molar-refractivity contribution in [2.45, 2.75) is 0 Å². The van der Waals surface area contributed by atoms with Crippen molar-refractivity contribution in [3.63, 3.8) is 0 Å². The van der Waals surface area contributed by atoms with Gasteiger partial charge in [0.1, 0.15) is 5.82 Å². The van der Waals surface area contributed by atoms with Gasteiger partial charge in [-0.2, -0.15) is 0 Å². The first-order chi connectivity index (χ1) is 9.50. The highest BCUT2D eigenvalue weighted by molar-refractivity contribution is 8.76. The zero-order valence-corrected chi connectivity index (χ0v) is 13.8. The van der Waals surface area contributed by atoms with E-state index in [-0.39, 0.29) is 11.7 Å². The molecule has 6 heteroatoms. The highest BCUT2D eigenvalue weighted by atomic mass is 33.1. The largest absolute Gasteiger partial charge is 0.341 e. The summed E-state index contributed by atoms with van der Waals surface area (Å²) in [6, 6.07) is 5.67. The van der Waals surface area contributed by atoms with Crippen LogP contribution in [0, 0.1) is 5.82 Å². The Bertz CT molecular complexity index is 412. The molecule has 0 aliphatic rings. The van der Waals surface area contributed by atoms with E-state index in [1.54, 1.807) is 22.7 Å². The molecule has 0 unspecified atom stereocenters. The average Bonchev–Trinajstić information content (AvgIpc) is 2.42. The molecule has 0 saturated heterocycles. The summed E-state index contributed by atoms with van der Waals surface area (Å²) in [4.78, 5) is 15.9. The molecular formula is C14H21FN2OS2. The van der Waals surface area contributed by atoms with E-state index in [1.807, 2.05) is 10.8 Å². The Kier molecular flexibility index (Phi) is 8.02. The van der Waals surface area contributed by atoms with Crippen molar-refractivity contribution in [2.75, 3.05) is 45.7 Å². The Morgan fingerprint density at radius 1 is 1.05 bits per heavy atom. The number of amides is 1. The van der Waals surface area contributed by atoms with Crippen LogP contribution in [0.1, 0.15) is 10.4 Å². The third-order valence-corrected chi connectivity index (χ3v) is 5.02. The summed E-state index contributed by atoms with van der Waals surface area (Å²) in [5, 5.41) is 0. The van der Waals surface area contributed by atoms with Crippen LogP contribution >= 0.6 is 21.6 Å². The van der Waals surface area contributed by atoms with Gasteiger partial charge in [0.2, 0.25) is 0 Å². The van der Waals surface area contributed by atoms with E-state index in [2.05, 4.69) is 19.0 Å². The normalized spacial score (nSPS) is 10.8. The lowest BCUT2D eigenvalue weighted by molar-refractivity contribution is 0.0804. The molecule has 0 aliphatic carbocycles. The molecule has 1 rings (SSSR count). The molecule has 0 aliphatic heterocycles. The monoisotopic (exact) mass is 316 g/mol. The first kappa shape index (κ1) is 17.3. The smallest absolute Gasteiger partial charge is 0.253 e. The summed E-state index contributed by atoms with van der Waals surface area (Å²) in [6.45, 7) is 1.75. The second-order valence-electron chi connectivity index (χ2n) is 4.68. The van der Waals surface area contributed by atoms with Crippen LogP contribution in [0.15, 0.2) is 24.3 Å². The lowest BCUT2D eigenvalue weighted by Gasteiger charge is -2.17. The van der Waals surface area contributed by atoms with Crippen LogP contribution in [0.3, 0.4) is 0 Å².